The summed E-state index contributed by atoms with van der Waals surface area (Å²) in [5, 5.41) is 2.99. The second-order valence-corrected chi connectivity index (χ2v) is 5.67. The third kappa shape index (κ3) is 11.5. The number of carbonyl (C=O) groups excluding carboxylic acids is 1. The molecule has 0 rings (SSSR count). The summed E-state index contributed by atoms with van der Waals surface area (Å²) < 4.78 is 0. The van der Waals surface area contributed by atoms with E-state index in [0.29, 0.717) is 6.42 Å². The number of unbranched alkanes of at least 4 members (excludes halogenated alkanes) is 6. The van der Waals surface area contributed by atoms with E-state index in [1.54, 1.807) is 0 Å². The van der Waals surface area contributed by atoms with Gasteiger partial charge in [0.15, 0.2) is 0 Å². The van der Waals surface area contributed by atoms with Gasteiger partial charge in [0, 0.05) is 12.0 Å². The molecule has 96 valence electrons. The largest absolute Gasteiger partial charge is 0.352 e. The van der Waals surface area contributed by atoms with E-state index in [0.717, 1.165) is 6.42 Å². The lowest BCUT2D eigenvalue weighted by atomic mass is 10.1. The Balaban J connectivity index is 3.28. The summed E-state index contributed by atoms with van der Waals surface area (Å²) in [7, 11) is 0. The van der Waals surface area contributed by atoms with Crippen LogP contribution in [0.2, 0.25) is 0 Å². The van der Waals surface area contributed by atoms with Crippen molar-refractivity contribution in [1.82, 2.24) is 5.32 Å². The Morgan fingerprint density at radius 3 is 1.94 bits per heavy atom. The third-order valence-electron chi connectivity index (χ3n) is 2.52. The molecule has 0 aliphatic rings. The smallest absolute Gasteiger partial charge is 0.220 e. The number of hydrogen-bond donors (Lipinski definition) is 1. The Kier molecular flexibility index (Phi) is 8.32. The van der Waals surface area contributed by atoms with Crippen LogP contribution in [0.5, 0.6) is 0 Å². The molecule has 0 aliphatic carbocycles. The molecule has 0 unspecified atom stereocenters. The first-order valence-electron chi connectivity index (χ1n) is 6.76. The molecule has 0 aromatic rings. The van der Waals surface area contributed by atoms with Gasteiger partial charge in [0.1, 0.15) is 0 Å². The number of nitrogens with one attached hydrogen (secondary N) is 1. The minimum absolute atomic E-state index is 0.0851. The summed E-state index contributed by atoms with van der Waals surface area (Å²) >= 11 is 0. The minimum atomic E-state index is -0.0851. The molecule has 0 aromatic heterocycles. The molecule has 0 saturated carbocycles. The van der Waals surface area contributed by atoms with Gasteiger partial charge in [-0.3, -0.25) is 4.79 Å². The van der Waals surface area contributed by atoms with Crippen LogP contribution in [-0.4, -0.2) is 11.4 Å². The van der Waals surface area contributed by atoms with Crippen LogP contribution in [0, 0.1) is 0 Å². The van der Waals surface area contributed by atoms with Crippen molar-refractivity contribution in [3.8, 4) is 0 Å². The van der Waals surface area contributed by atoms with Gasteiger partial charge < -0.3 is 5.32 Å². The molecule has 1 N–H and O–H groups in total. The summed E-state index contributed by atoms with van der Waals surface area (Å²) in [6.07, 6.45) is 9.53. The maximum atomic E-state index is 11.5. The second kappa shape index (κ2) is 8.60. The average molecular weight is 227 g/mol. The molecule has 16 heavy (non-hydrogen) atoms. The van der Waals surface area contributed by atoms with Gasteiger partial charge in [-0.15, -0.1) is 0 Å². The molecule has 0 aliphatic heterocycles. The van der Waals surface area contributed by atoms with Crippen LogP contribution in [0.25, 0.3) is 0 Å². The fourth-order valence-electron chi connectivity index (χ4n) is 1.72. The zero-order valence-electron chi connectivity index (χ0n) is 11.6. The minimum Gasteiger partial charge on any atom is -0.352 e. The van der Waals surface area contributed by atoms with Gasteiger partial charge in [-0.05, 0) is 27.2 Å². The monoisotopic (exact) mass is 227 g/mol. The maximum Gasteiger partial charge on any atom is 0.220 e. The van der Waals surface area contributed by atoms with Crippen LogP contribution in [0.3, 0.4) is 0 Å². The van der Waals surface area contributed by atoms with Crippen molar-refractivity contribution in [3.63, 3.8) is 0 Å². The topological polar surface area (TPSA) is 29.1 Å². The van der Waals surface area contributed by atoms with Crippen molar-refractivity contribution in [1.29, 1.82) is 0 Å². The summed E-state index contributed by atoms with van der Waals surface area (Å²) in [5.41, 5.74) is -0.0851. The standard InChI is InChI=1S/C14H29NO/c1-5-6-7-8-9-10-11-12-13(16)15-14(2,3)4/h5-12H2,1-4H3,(H,15,16). The molecule has 0 fully saturated rings. The van der Waals surface area contributed by atoms with Crippen LogP contribution in [0.1, 0.15) is 79.1 Å². The zero-order valence-corrected chi connectivity index (χ0v) is 11.6. The van der Waals surface area contributed by atoms with E-state index >= 15 is 0 Å². The molecule has 0 radical (unpaired) electrons. The first-order chi connectivity index (χ1) is 7.45. The van der Waals surface area contributed by atoms with Crippen molar-refractivity contribution < 1.29 is 4.79 Å². The molecule has 1 amide bonds. The fourth-order valence-corrected chi connectivity index (χ4v) is 1.72. The summed E-state index contributed by atoms with van der Waals surface area (Å²) in [4.78, 5) is 11.5. The van der Waals surface area contributed by atoms with Crippen LogP contribution in [0.4, 0.5) is 0 Å². The average Bonchev–Trinajstić information content (AvgIpc) is 2.13. The first-order valence-corrected chi connectivity index (χ1v) is 6.76. The fraction of sp³-hybridized carbons (Fsp3) is 0.929. The SMILES string of the molecule is CCCCCCCCCC(=O)NC(C)(C)C. The lowest BCUT2D eigenvalue weighted by Crippen LogP contribution is -2.40. The highest BCUT2D eigenvalue weighted by Crippen LogP contribution is 2.09. The van der Waals surface area contributed by atoms with Gasteiger partial charge in [-0.2, -0.15) is 0 Å². The maximum absolute atomic E-state index is 11.5. The van der Waals surface area contributed by atoms with Crippen LogP contribution >= 0.6 is 0 Å². The molecule has 2 heteroatoms. The quantitative estimate of drug-likeness (QED) is 0.623. The number of hydrogen-bond acceptors (Lipinski definition) is 1. The summed E-state index contributed by atoms with van der Waals surface area (Å²) in [6, 6.07) is 0. The van der Waals surface area contributed by atoms with E-state index < -0.39 is 0 Å². The molecule has 0 heterocycles. The van der Waals surface area contributed by atoms with E-state index in [1.807, 2.05) is 20.8 Å². The summed E-state index contributed by atoms with van der Waals surface area (Å²) in [5.74, 6) is 0.195. The normalized spacial score (nSPS) is 11.5. The first kappa shape index (κ1) is 15.5. The predicted molar refractivity (Wildman–Crippen MR) is 70.5 cm³/mol. The number of rotatable bonds is 8. The molecule has 0 saturated heterocycles. The summed E-state index contributed by atoms with van der Waals surface area (Å²) in [6.45, 7) is 8.30. The van der Waals surface area contributed by atoms with Crippen molar-refractivity contribution in [2.75, 3.05) is 0 Å². The molecule has 0 atom stereocenters. The van der Waals surface area contributed by atoms with Crippen molar-refractivity contribution in [3.05, 3.63) is 0 Å². The molecule has 0 aromatic carbocycles. The van der Waals surface area contributed by atoms with E-state index in [-0.39, 0.29) is 11.4 Å². The van der Waals surface area contributed by atoms with E-state index in [9.17, 15) is 4.79 Å². The van der Waals surface area contributed by atoms with Gasteiger partial charge in [0.05, 0.1) is 0 Å². The molecule has 0 spiro atoms. The Labute approximate surface area is 101 Å². The van der Waals surface area contributed by atoms with E-state index in [2.05, 4.69) is 12.2 Å². The van der Waals surface area contributed by atoms with Gasteiger partial charge in [-0.1, -0.05) is 45.4 Å². The van der Waals surface area contributed by atoms with Gasteiger partial charge in [0.25, 0.3) is 0 Å². The lowest BCUT2D eigenvalue weighted by Gasteiger charge is -2.20. The van der Waals surface area contributed by atoms with Crippen LogP contribution in [0.15, 0.2) is 0 Å². The zero-order chi connectivity index (χ0) is 12.4. The third-order valence-corrected chi connectivity index (χ3v) is 2.52. The molecule has 2 nitrogen and oxygen atoms in total. The highest BCUT2D eigenvalue weighted by Gasteiger charge is 2.12. The Hall–Kier alpha value is -0.530. The second-order valence-electron chi connectivity index (χ2n) is 5.67. The van der Waals surface area contributed by atoms with Crippen molar-refractivity contribution in [2.45, 2.75) is 84.6 Å². The molecule has 0 bridgehead atoms. The number of carbonyl (C=O) groups is 1. The van der Waals surface area contributed by atoms with E-state index in [1.165, 1.54) is 38.5 Å². The lowest BCUT2D eigenvalue weighted by molar-refractivity contribution is -0.122. The van der Waals surface area contributed by atoms with Crippen molar-refractivity contribution >= 4 is 5.91 Å². The van der Waals surface area contributed by atoms with Crippen LogP contribution in [-0.2, 0) is 4.79 Å². The van der Waals surface area contributed by atoms with Gasteiger partial charge in [0.2, 0.25) is 5.91 Å². The molecular weight excluding hydrogens is 198 g/mol. The van der Waals surface area contributed by atoms with Gasteiger partial charge in [-0.25, -0.2) is 0 Å². The van der Waals surface area contributed by atoms with Crippen molar-refractivity contribution in [2.24, 2.45) is 0 Å². The highest BCUT2D eigenvalue weighted by atomic mass is 16.1. The Morgan fingerprint density at radius 1 is 0.938 bits per heavy atom. The van der Waals surface area contributed by atoms with Gasteiger partial charge >= 0.3 is 0 Å². The Bertz CT molecular complexity index is 182. The van der Waals surface area contributed by atoms with E-state index in [4.69, 9.17) is 0 Å². The Morgan fingerprint density at radius 2 is 1.44 bits per heavy atom. The molecular formula is C14H29NO. The predicted octanol–water partition coefficient (Wildman–Crippen LogP) is 4.04. The number of amides is 1. The highest BCUT2D eigenvalue weighted by molar-refractivity contribution is 5.76. The van der Waals surface area contributed by atoms with Crippen LogP contribution < -0.4 is 5.32 Å².